The predicted molar refractivity (Wildman–Crippen MR) is 124 cm³/mol. The number of nitro benzene ring substituents is 1. The van der Waals surface area contributed by atoms with Gasteiger partial charge in [0.25, 0.3) is 11.6 Å². The van der Waals surface area contributed by atoms with Crippen molar-refractivity contribution in [3.63, 3.8) is 0 Å². The molecule has 8 nitrogen and oxygen atoms in total. The van der Waals surface area contributed by atoms with E-state index in [9.17, 15) is 14.9 Å². The zero-order valence-electron chi connectivity index (χ0n) is 16.7. The molecule has 1 heterocycles. The van der Waals surface area contributed by atoms with Crippen molar-refractivity contribution in [2.75, 3.05) is 7.11 Å². The highest BCUT2D eigenvalue weighted by molar-refractivity contribution is 9.10. The molecule has 1 N–H and O–H groups in total. The number of amides is 1. The van der Waals surface area contributed by atoms with E-state index in [-0.39, 0.29) is 5.69 Å². The molecular formula is C23H16BrN3O5. The van der Waals surface area contributed by atoms with E-state index < -0.39 is 10.8 Å². The number of furan rings is 1. The van der Waals surface area contributed by atoms with E-state index in [0.717, 1.165) is 10.8 Å². The van der Waals surface area contributed by atoms with Gasteiger partial charge in [0.05, 0.1) is 23.8 Å². The number of ether oxygens (including phenoxy) is 1. The van der Waals surface area contributed by atoms with Crippen LogP contribution in [0.15, 0.2) is 80.7 Å². The molecule has 0 fully saturated rings. The number of nitro groups is 1. The van der Waals surface area contributed by atoms with Crippen LogP contribution in [0.4, 0.5) is 5.69 Å². The first-order chi connectivity index (χ1) is 15.5. The maximum absolute atomic E-state index is 12.6. The van der Waals surface area contributed by atoms with Gasteiger partial charge in [0.1, 0.15) is 17.3 Å². The quantitative estimate of drug-likeness (QED) is 0.215. The van der Waals surface area contributed by atoms with Gasteiger partial charge in [-0.25, -0.2) is 5.43 Å². The zero-order chi connectivity index (χ0) is 22.7. The van der Waals surface area contributed by atoms with Gasteiger partial charge >= 0.3 is 0 Å². The highest BCUT2D eigenvalue weighted by atomic mass is 79.9. The second-order valence-electron chi connectivity index (χ2n) is 6.72. The Bertz CT molecular complexity index is 1360. The van der Waals surface area contributed by atoms with E-state index in [1.165, 1.54) is 25.5 Å². The summed E-state index contributed by atoms with van der Waals surface area (Å²) in [6, 6.07) is 19.0. The molecule has 0 spiro atoms. The number of benzene rings is 3. The molecule has 4 rings (SSSR count). The number of nitrogens with zero attached hydrogens (tertiary/aromatic N) is 2. The number of hydrazone groups is 1. The number of carbonyl (C=O) groups excluding carboxylic acids is 1. The van der Waals surface area contributed by atoms with Gasteiger partial charge in [-0.3, -0.25) is 14.9 Å². The maximum atomic E-state index is 12.6. The summed E-state index contributed by atoms with van der Waals surface area (Å²) in [5.74, 6) is 0.917. The van der Waals surface area contributed by atoms with Gasteiger partial charge in [-0.2, -0.15) is 5.10 Å². The van der Waals surface area contributed by atoms with E-state index in [1.54, 1.807) is 30.3 Å². The Kier molecular flexibility index (Phi) is 6.00. The Morgan fingerprint density at radius 3 is 2.56 bits per heavy atom. The maximum Gasteiger partial charge on any atom is 0.275 e. The van der Waals surface area contributed by atoms with Gasteiger partial charge in [0.15, 0.2) is 0 Å². The molecule has 0 aliphatic heterocycles. The normalized spacial score (nSPS) is 11.1. The van der Waals surface area contributed by atoms with Gasteiger partial charge in [0.2, 0.25) is 0 Å². The number of nitrogens with one attached hydrogen (secondary N) is 1. The minimum atomic E-state index is -0.470. The number of methoxy groups -OCH3 is 1. The SMILES string of the molecule is COc1cc2ccccc2cc1C(=O)N/N=C/c1ccc(-c2ccc([N+](=O)[O-])cc2Br)o1. The van der Waals surface area contributed by atoms with Gasteiger partial charge in [0, 0.05) is 22.2 Å². The smallest absolute Gasteiger partial charge is 0.275 e. The summed E-state index contributed by atoms with van der Waals surface area (Å²) in [6.07, 6.45) is 1.37. The first-order valence-electron chi connectivity index (χ1n) is 9.40. The standard InChI is InChI=1S/C23H16BrN3O5/c1-31-22-11-15-5-3-2-4-14(15)10-19(22)23(28)26-25-13-17-7-9-21(32-17)18-8-6-16(27(29)30)12-20(18)24/h2-13H,1H3,(H,26,28)/b25-13+. The molecule has 0 aliphatic carbocycles. The van der Waals surface area contributed by atoms with Crippen molar-refractivity contribution in [1.29, 1.82) is 0 Å². The van der Waals surface area contributed by atoms with Crippen LogP contribution in [0.3, 0.4) is 0 Å². The molecule has 0 saturated heterocycles. The molecule has 0 saturated carbocycles. The number of hydrogen-bond donors (Lipinski definition) is 1. The molecule has 4 aromatic rings. The molecule has 0 bridgehead atoms. The first kappa shape index (κ1) is 21.3. The Labute approximate surface area is 190 Å². The molecule has 160 valence electrons. The summed E-state index contributed by atoms with van der Waals surface area (Å²) in [5, 5.41) is 16.7. The Hall–Kier alpha value is -3.98. The van der Waals surface area contributed by atoms with Gasteiger partial charge < -0.3 is 9.15 Å². The van der Waals surface area contributed by atoms with Gasteiger partial charge in [-0.1, -0.05) is 24.3 Å². The van der Waals surface area contributed by atoms with Crippen LogP contribution >= 0.6 is 15.9 Å². The highest BCUT2D eigenvalue weighted by Crippen LogP contribution is 2.32. The van der Waals surface area contributed by atoms with Crippen molar-refractivity contribution >= 4 is 44.5 Å². The summed E-state index contributed by atoms with van der Waals surface area (Å²) in [6.45, 7) is 0. The molecule has 0 aliphatic rings. The molecule has 0 radical (unpaired) electrons. The van der Waals surface area contributed by atoms with E-state index in [1.807, 2.05) is 24.3 Å². The van der Waals surface area contributed by atoms with Crippen LogP contribution in [-0.4, -0.2) is 24.2 Å². The first-order valence-corrected chi connectivity index (χ1v) is 10.2. The topological polar surface area (TPSA) is 107 Å². The van der Waals surface area contributed by atoms with Crippen LogP contribution in [0.25, 0.3) is 22.1 Å². The fourth-order valence-electron chi connectivity index (χ4n) is 3.16. The fourth-order valence-corrected chi connectivity index (χ4v) is 3.73. The van der Waals surface area contributed by atoms with Crippen LogP contribution in [0.5, 0.6) is 5.75 Å². The van der Waals surface area contributed by atoms with Crippen molar-refractivity contribution in [1.82, 2.24) is 5.43 Å². The molecule has 9 heteroatoms. The number of fused-ring (bicyclic) bond motifs is 1. The highest BCUT2D eigenvalue weighted by Gasteiger charge is 2.14. The Morgan fingerprint density at radius 2 is 1.88 bits per heavy atom. The van der Waals surface area contributed by atoms with Crippen LogP contribution < -0.4 is 10.2 Å². The minimum Gasteiger partial charge on any atom is -0.496 e. The summed E-state index contributed by atoms with van der Waals surface area (Å²) >= 11 is 3.32. The van der Waals surface area contributed by atoms with E-state index >= 15 is 0 Å². The average Bonchev–Trinajstić information content (AvgIpc) is 3.26. The van der Waals surface area contributed by atoms with Crippen molar-refractivity contribution < 1.29 is 18.9 Å². The van der Waals surface area contributed by atoms with Crippen molar-refractivity contribution in [3.8, 4) is 17.1 Å². The lowest BCUT2D eigenvalue weighted by Crippen LogP contribution is -2.18. The number of carbonyl (C=O) groups is 1. The minimum absolute atomic E-state index is 0.0270. The third kappa shape index (κ3) is 4.37. The van der Waals surface area contributed by atoms with Gasteiger partial charge in [-0.15, -0.1) is 0 Å². The van der Waals surface area contributed by atoms with E-state index in [2.05, 4.69) is 26.5 Å². The Morgan fingerprint density at radius 1 is 1.12 bits per heavy atom. The monoisotopic (exact) mass is 493 g/mol. The predicted octanol–water partition coefficient (Wildman–Crippen LogP) is 5.54. The number of halogens is 1. The van der Waals surface area contributed by atoms with E-state index in [0.29, 0.717) is 32.9 Å². The summed E-state index contributed by atoms with van der Waals surface area (Å²) in [7, 11) is 1.50. The molecule has 1 aromatic heterocycles. The molecule has 0 atom stereocenters. The van der Waals surface area contributed by atoms with Crippen LogP contribution in [0.1, 0.15) is 16.1 Å². The third-order valence-electron chi connectivity index (χ3n) is 4.73. The second kappa shape index (κ2) is 9.03. The number of rotatable bonds is 6. The van der Waals surface area contributed by atoms with Crippen LogP contribution in [0.2, 0.25) is 0 Å². The third-order valence-corrected chi connectivity index (χ3v) is 5.38. The molecule has 0 unspecified atom stereocenters. The number of hydrogen-bond acceptors (Lipinski definition) is 6. The lowest BCUT2D eigenvalue weighted by molar-refractivity contribution is -0.384. The Balaban J connectivity index is 1.50. The largest absolute Gasteiger partial charge is 0.496 e. The second-order valence-corrected chi connectivity index (χ2v) is 7.58. The van der Waals surface area contributed by atoms with Gasteiger partial charge in [-0.05, 0) is 57.0 Å². The van der Waals surface area contributed by atoms with Crippen molar-refractivity contribution in [3.05, 3.63) is 92.6 Å². The van der Waals surface area contributed by atoms with E-state index in [4.69, 9.17) is 9.15 Å². The fraction of sp³-hybridized carbons (Fsp3) is 0.0435. The van der Waals surface area contributed by atoms with Crippen LogP contribution in [-0.2, 0) is 0 Å². The van der Waals surface area contributed by atoms with Crippen molar-refractivity contribution in [2.45, 2.75) is 0 Å². The van der Waals surface area contributed by atoms with Crippen molar-refractivity contribution in [2.24, 2.45) is 5.10 Å². The molecule has 1 amide bonds. The van der Waals surface area contributed by atoms with Crippen LogP contribution in [0, 0.1) is 10.1 Å². The zero-order valence-corrected chi connectivity index (χ0v) is 18.3. The number of non-ortho nitro benzene ring substituents is 1. The summed E-state index contributed by atoms with van der Waals surface area (Å²) in [4.78, 5) is 23.0. The molecular weight excluding hydrogens is 478 g/mol. The average molecular weight is 494 g/mol. The molecule has 32 heavy (non-hydrogen) atoms. The summed E-state index contributed by atoms with van der Waals surface area (Å²) in [5.41, 5.74) is 3.46. The molecule has 3 aromatic carbocycles. The lowest BCUT2D eigenvalue weighted by atomic mass is 10.1. The summed E-state index contributed by atoms with van der Waals surface area (Å²) < 4.78 is 11.6. The lowest BCUT2D eigenvalue weighted by Gasteiger charge is -2.09.